The van der Waals surface area contributed by atoms with Crippen LogP contribution in [-0.2, 0) is 34.6 Å². The van der Waals surface area contributed by atoms with Crippen LogP contribution in [0.1, 0.15) is 117 Å². The van der Waals surface area contributed by atoms with Crippen LogP contribution in [0.3, 0.4) is 0 Å². The first-order chi connectivity index (χ1) is 15.9. The summed E-state index contributed by atoms with van der Waals surface area (Å²) >= 11 is 0. The predicted octanol–water partition coefficient (Wildman–Crippen LogP) is 5.67. The lowest BCUT2D eigenvalue weighted by Crippen LogP contribution is -2.32. The van der Waals surface area contributed by atoms with Crippen LogP contribution in [-0.4, -0.2) is 36.7 Å². The second kappa shape index (κ2) is 9.23. The lowest BCUT2D eigenvalue weighted by Gasteiger charge is -2.29. The van der Waals surface area contributed by atoms with Gasteiger partial charge >= 0.3 is 0 Å². The quantitative estimate of drug-likeness (QED) is 0.432. The number of aromatic amines is 1. The summed E-state index contributed by atoms with van der Waals surface area (Å²) in [5.74, 6) is 1.84. The van der Waals surface area contributed by atoms with Gasteiger partial charge in [0.25, 0.3) is 0 Å². The molecule has 1 aliphatic heterocycles. The van der Waals surface area contributed by atoms with Crippen molar-refractivity contribution in [2.24, 2.45) is 0 Å². The maximum Gasteiger partial charge on any atom is 0.159 e. The van der Waals surface area contributed by atoms with Gasteiger partial charge in [0, 0.05) is 46.7 Å². The summed E-state index contributed by atoms with van der Waals surface area (Å²) in [5, 5.41) is 11.5. The van der Waals surface area contributed by atoms with Crippen LogP contribution in [0.4, 0.5) is 0 Å². The number of hydrogen-bond donors (Lipinski definition) is 2. The SMILES string of the molecule is CC(C)(C)c1nc(C(C)(C)C)c2cn[nH]c2n1.CC(C)(C)c1nc2c(c(C(C)(C)C)n1)CNCC2. The van der Waals surface area contributed by atoms with Crippen molar-refractivity contribution in [3.63, 3.8) is 0 Å². The molecule has 2 N–H and O–H groups in total. The van der Waals surface area contributed by atoms with Crippen LogP contribution in [0.5, 0.6) is 0 Å². The normalized spacial score (nSPS) is 15.0. The Labute approximate surface area is 211 Å². The second-order valence-electron chi connectivity index (χ2n) is 13.8. The van der Waals surface area contributed by atoms with Gasteiger partial charge in [-0.05, 0) is 0 Å². The molecule has 35 heavy (non-hydrogen) atoms. The molecule has 4 rings (SSSR count). The number of nitrogens with one attached hydrogen (secondary N) is 2. The second-order valence-corrected chi connectivity index (χ2v) is 13.8. The largest absolute Gasteiger partial charge is 0.312 e. The van der Waals surface area contributed by atoms with Crippen LogP contribution in [0.15, 0.2) is 6.20 Å². The Bertz CT molecular complexity index is 1180. The van der Waals surface area contributed by atoms with Crippen LogP contribution in [0.2, 0.25) is 0 Å². The number of fused-ring (bicyclic) bond motifs is 2. The predicted molar refractivity (Wildman–Crippen MR) is 144 cm³/mol. The maximum absolute atomic E-state index is 4.88. The maximum atomic E-state index is 4.88. The zero-order chi connectivity index (χ0) is 26.4. The van der Waals surface area contributed by atoms with E-state index < -0.39 is 0 Å². The van der Waals surface area contributed by atoms with E-state index in [4.69, 9.17) is 15.0 Å². The molecular weight excluding hydrogens is 434 g/mol. The van der Waals surface area contributed by atoms with E-state index in [2.05, 4.69) is 104 Å². The molecule has 3 aromatic heterocycles. The molecule has 0 fully saturated rings. The molecule has 192 valence electrons. The van der Waals surface area contributed by atoms with Gasteiger partial charge < -0.3 is 5.32 Å². The standard InChI is InChI=1S/C15H25N3.C13H20N4/c1-14(2,3)12-10-9-16-8-7-11(10)17-13(18-12)15(4,5)6;1-12(2,3)9-8-7-14-17-10(8)16-11(15-9)13(4,5)6/h16H,7-9H2,1-6H3;7H,1-6H3,(H,14,15,16,17). The van der Waals surface area contributed by atoms with E-state index in [9.17, 15) is 0 Å². The zero-order valence-corrected chi connectivity index (χ0v) is 23.9. The molecule has 0 aromatic carbocycles. The van der Waals surface area contributed by atoms with Crippen molar-refractivity contribution in [1.82, 2.24) is 35.5 Å². The van der Waals surface area contributed by atoms with Crippen molar-refractivity contribution < 1.29 is 0 Å². The molecule has 7 nitrogen and oxygen atoms in total. The minimum absolute atomic E-state index is 0.00887. The Morgan fingerprint density at radius 3 is 1.74 bits per heavy atom. The minimum Gasteiger partial charge on any atom is -0.312 e. The van der Waals surface area contributed by atoms with Gasteiger partial charge in [-0.3, -0.25) is 5.10 Å². The third kappa shape index (κ3) is 6.24. The van der Waals surface area contributed by atoms with Gasteiger partial charge in [-0.15, -0.1) is 0 Å². The Morgan fingerprint density at radius 1 is 0.657 bits per heavy atom. The van der Waals surface area contributed by atoms with Crippen molar-refractivity contribution in [3.8, 4) is 0 Å². The van der Waals surface area contributed by atoms with Gasteiger partial charge in [0.1, 0.15) is 11.6 Å². The molecule has 7 heteroatoms. The van der Waals surface area contributed by atoms with Crippen LogP contribution < -0.4 is 5.32 Å². The van der Waals surface area contributed by atoms with E-state index in [0.717, 1.165) is 47.9 Å². The Kier molecular flexibility index (Phi) is 7.17. The Hall–Kier alpha value is -2.41. The van der Waals surface area contributed by atoms with Gasteiger partial charge in [-0.2, -0.15) is 5.10 Å². The first kappa shape index (κ1) is 27.2. The van der Waals surface area contributed by atoms with Gasteiger partial charge in [0.15, 0.2) is 5.65 Å². The summed E-state index contributed by atoms with van der Waals surface area (Å²) in [4.78, 5) is 19.0. The van der Waals surface area contributed by atoms with Gasteiger partial charge in [0.05, 0.1) is 28.7 Å². The third-order valence-electron chi connectivity index (χ3n) is 6.01. The highest BCUT2D eigenvalue weighted by Gasteiger charge is 2.29. The highest BCUT2D eigenvalue weighted by Crippen LogP contribution is 2.31. The lowest BCUT2D eigenvalue weighted by molar-refractivity contribution is 0.488. The van der Waals surface area contributed by atoms with E-state index in [1.54, 1.807) is 0 Å². The first-order valence-electron chi connectivity index (χ1n) is 12.7. The van der Waals surface area contributed by atoms with Gasteiger partial charge in [0.2, 0.25) is 0 Å². The molecule has 0 atom stereocenters. The average Bonchev–Trinajstić information content (AvgIpc) is 3.18. The van der Waals surface area contributed by atoms with E-state index >= 15 is 0 Å². The summed E-state index contributed by atoms with van der Waals surface area (Å²) in [6.07, 6.45) is 2.83. The highest BCUT2D eigenvalue weighted by molar-refractivity contribution is 5.77. The fourth-order valence-corrected chi connectivity index (χ4v) is 4.04. The minimum atomic E-state index is -0.0563. The average molecular weight is 480 g/mol. The summed E-state index contributed by atoms with van der Waals surface area (Å²) in [6, 6.07) is 0. The van der Waals surface area contributed by atoms with Crippen molar-refractivity contribution in [3.05, 3.63) is 40.5 Å². The summed E-state index contributed by atoms with van der Waals surface area (Å²) < 4.78 is 0. The molecular formula is C28H45N7. The van der Waals surface area contributed by atoms with Crippen molar-refractivity contribution >= 4 is 11.0 Å². The van der Waals surface area contributed by atoms with Crippen molar-refractivity contribution in [2.75, 3.05) is 6.54 Å². The molecule has 0 bridgehead atoms. The van der Waals surface area contributed by atoms with E-state index in [1.165, 1.54) is 17.0 Å². The van der Waals surface area contributed by atoms with Crippen LogP contribution >= 0.6 is 0 Å². The smallest absolute Gasteiger partial charge is 0.159 e. The Morgan fingerprint density at radius 2 is 1.20 bits per heavy atom. The van der Waals surface area contributed by atoms with Gasteiger partial charge in [-0.25, -0.2) is 19.9 Å². The molecule has 0 saturated carbocycles. The monoisotopic (exact) mass is 479 g/mol. The third-order valence-corrected chi connectivity index (χ3v) is 6.01. The number of hydrogen-bond acceptors (Lipinski definition) is 6. The topological polar surface area (TPSA) is 92.3 Å². The fraction of sp³-hybridized carbons (Fsp3) is 0.679. The molecule has 1 aliphatic rings. The van der Waals surface area contributed by atoms with Crippen LogP contribution in [0.25, 0.3) is 11.0 Å². The summed E-state index contributed by atoms with van der Waals surface area (Å²) in [6.45, 7) is 28.0. The van der Waals surface area contributed by atoms with E-state index in [1.807, 2.05) is 6.20 Å². The molecule has 0 amide bonds. The summed E-state index contributed by atoms with van der Waals surface area (Å²) in [7, 11) is 0. The molecule has 0 spiro atoms. The summed E-state index contributed by atoms with van der Waals surface area (Å²) in [5.41, 5.74) is 5.69. The van der Waals surface area contributed by atoms with E-state index in [0.29, 0.717) is 0 Å². The molecule has 0 aliphatic carbocycles. The Balaban J connectivity index is 0.000000196. The van der Waals surface area contributed by atoms with Crippen LogP contribution in [0, 0.1) is 0 Å². The van der Waals surface area contributed by atoms with E-state index in [-0.39, 0.29) is 21.7 Å². The molecule has 3 aromatic rings. The molecule has 4 heterocycles. The molecule has 0 radical (unpaired) electrons. The first-order valence-corrected chi connectivity index (χ1v) is 12.7. The number of aromatic nitrogens is 6. The zero-order valence-electron chi connectivity index (χ0n) is 23.9. The van der Waals surface area contributed by atoms with Crippen molar-refractivity contribution in [2.45, 2.75) is 118 Å². The fourth-order valence-electron chi connectivity index (χ4n) is 4.04. The highest BCUT2D eigenvalue weighted by atomic mass is 15.1. The number of nitrogens with zero attached hydrogens (tertiary/aromatic N) is 5. The molecule has 0 unspecified atom stereocenters. The molecule has 0 saturated heterocycles. The number of rotatable bonds is 0. The van der Waals surface area contributed by atoms with Gasteiger partial charge in [-0.1, -0.05) is 83.1 Å². The number of H-pyrrole nitrogens is 1. The lowest BCUT2D eigenvalue weighted by atomic mass is 9.85. The van der Waals surface area contributed by atoms with Crippen molar-refractivity contribution in [1.29, 1.82) is 0 Å².